The summed E-state index contributed by atoms with van der Waals surface area (Å²) in [6, 6.07) is 4.54. The number of hydrogen-bond acceptors (Lipinski definition) is 3. The predicted molar refractivity (Wildman–Crippen MR) is 71.3 cm³/mol. The van der Waals surface area contributed by atoms with Gasteiger partial charge < -0.3 is 0 Å². The van der Waals surface area contributed by atoms with Crippen molar-refractivity contribution in [3.8, 4) is 0 Å². The lowest BCUT2D eigenvalue weighted by Crippen LogP contribution is -2.24. The van der Waals surface area contributed by atoms with Crippen LogP contribution in [-0.4, -0.2) is 20.7 Å². The molecule has 0 fully saturated rings. The number of sulfonamides is 1. The van der Waals surface area contributed by atoms with Crippen LogP contribution in [0.4, 0.5) is 0 Å². The number of nitrogens with one attached hydrogen (secondary N) is 1. The van der Waals surface area contributed by atoms with Gasteiger partial charge in [-0.25, -0.2) is 13.1 Å². The van der Waals surface area contributed by atoms with Crippen LogP contribution in [-0.2, 0) is 10.0 Å². The molecule has 0 aromatic heterocycles. The Hall–Kier alpha value is -0.770. The van der Waals surface area contributed by atoms with E-state index >= 15 is 0 Å². The van der Waals surface area contributed by atoms with Gasteiger partial charge in [0.25, 0.3) is 0 Å². The van der Waals surface area contributed by atoms with E-state index in [2.05, 4.69) is 14.0 Å². The van der Waals surface area contributed by atoms with Crippen molar-refractivity contribution in [1.82, 2.24) is 4.72 Å². The summed E-state index contributed by atoms with van der Waals surface area (Å²) >= 11 is 0. The molecular weight excluding hydrogens is 257 g/mol. The van der Waals surface area contributed by atoms with E-state index in [0.29, 0.717) is 23.8 Å². The maximum absolute atomic E-state index is 11.8. The highest BCUT2D eigenvalue weighted by atomic mass is 32.2. The Bertz CT molecular complexity index is 526. The monoisotopic (exact) mass is 273 g/mol. The second-order valence-electron chi connectivity index (χ2n) is 3.53. The highest BCUT2D eigenvalue weighted by Gasteiger charge is 2.16. The second-order valence-corrected chi connectivity index (χ2v) is 5.92. The van der Waals surface area contributed by atoms with Crippen molar-refractivity contribution in [3.05, 3.63) is 23.8 Å². The minimum atomic E-state index is -3.50. The van der Waals surface area contributed by atoms with Gasteiger partial charge in [0.2, 0.25) is 10.0 Å². The largest absolute Gasteiger partial charge is 0.294 e. The number of carbonyl (C=O) groups is 1. The van der Waals surface area contributed by atoms with Gasteiger partial charge in [0.05, 0.1) is 4.90 Å². The van der Waals surface area contributed by atoms with Crippen molar-refractivity contribution >= 4 is 30.4 Å². The molecule has 0 saturated heterocycles. The Labute approximate surface area is 104 Å². The highest BCUT2D eigenvalue weighted by molar-refractivity contribution is 7.89. The first-order valence-corrected chi connectivity index (χ1v) is 7.40. The molecule has 1 unspecified atom stereocenters. The normalized spacial score (nSPS) is 11.5. The average Bonchev–Trinajstić information content (AvgIpc) is 2.28. The van der Waals surface area contributed by atoms with E-state index < -0.39 is 10.0 Å². The van der Waals surface area contributed by atoms with Crippen LogP contribution in [0.3, 0.4) is 0 Å². The Balaban J connectivity index is 3.26. The van der Waals surface area contributed by atoms with E-state index in [1.165, 1.54) is 12.1 Å². The van der Waals surface area contributed by atoms with E-state index in [1.54, 1.807) is 19.9 Å². The first-order valence-electron chi connectivity index (χ1n) is 5.34. The molecule has 1 aromatic rings. The molecule has 0 radical (unpaired) electrons. The molecule has 1 aromatic carbocycles. The summed E-state index contributed by atoms with van der Waals surface area (Å²) in [5.74, 6) is -0.0662. The predicted octanol–water partition coefficient (Wildman–Crippen LogP) is 1.08. The fourth-order valence-electron chi connectivity index (χ4n) is 1.41. The van der Waals surface area contributed by atoms with Crippen LogP contribution in [0.15, 0.2) is 23.1 Å². The van der Waals surface area contributed by atoms with Crippen molar-refractivity contribution in [3.63, 3.8) is 0 Å². The van der Waals surface area contributed by atoms with Crippen molar-refractivity contribution in [2.75, 3.05) is 6.54 Å². The molecule has 0 spiro atoms. The Kier molecular flexibility index (Phi) is 4.80. The average molecular weight is 273 g/mol. The lowest BCUT2D eigenvalue weighted by molar-refractivity contribution is 0.0989. The molecule has 0 aliphatic heterocycles. The van der Waals surface area contributed by atoms with E-state index in [0.717, 1.165) is 0 Å². The molecule has 6 heteroatoms. The van der Waals surface area contributed by atoms with Crippen molar-refractivity contribution < 1.29 is 13.2 Å². The quantitative estimate of drug-likeness (QED) is 0.645. The van der Waals surface area contributed by atoms with E-state index in [9.17, 15) is 13.2 Å². The van der Waals surface area contributed by atoms with Gasteiger partial charge in [-0.3, -0.25) is 4.79 Å². The summed E-state index contributed by atoms with van der Waals surface area (Å²) in [7, 11) is -1.06. The lowest BCUT2D eigenvalue weighted by atomic mass is 10.1. The van der Waals surface area contributed by atoms with Gasteiger partial charge in [0.15, 0.2) is 5.78 Å². The molecule has 4 nitrogen and oxygen atoms in total. The summed E-state index contributed by atoms with van der Waals surface area (Å²) in [5.41, 5.74) is 0.441. The molecule has 0 bridgehead atoms. The maximum atomic E-state index is 11.8. The maximum Gasteiger partial charge on any atom is 0.240 e. The zero-order chi connectivity index (χ0) is 13.1. The smallest absolute Gasteiger partial charge is 0.240 e. The molecule has 1 atom stereocenters. The van der Waals surface area contributed by atoms with Crippen molar-refractivity contribution in [2.45, 2.75) is 25.2 Å². The Morgan fingerprint density at radius 3 is 2.53 bits per heavy atom. The standard InChI is InChI=1S/C11H16NO3PS/c1-3-10(13)9-7-8(5-6-11(9)16)17(14,15)12-4-2/h5-7,12H,3-4,16H2,1-2H3. The van der Waals surface area contributed by atoms with Crippen molar-refractivity contribution in [1.29, 1.82) is 0 Å². The SMILES string of the molecule is CCNS(=O)(=O)c1ccc(P)c(C(=O)CC)c1. The molecule has 17 heavy (non-hydrogen) atoms. The molecule has 1 N–H and O–H groups in total. The molecule has 0 saturated carbocycles. The number of Topliss-reactive ketones (excluding diaryl/α,β-unsaturated/α-hetero) is 1. The van der Waals surface area contributed by atoms with Crippen LogP contribution in [0.25, 0.3) is 0 Å². The van der Waals surface area contributed by atoms with Gasteiger partial charge in [-0.2, -0.15) is 0 Å². The minimum Gasteiger partial charge on any atom is -0.294 e. The lowest BCUT2D eigenvalue weighted by Gasteiger charge is -2.08. The summed E-state index contributed by atoms with van der Waals surface area (Å²) in [6.45, 7) is 3.78. The summed E-state index contributed by atoms with van der Waals surface area (Å²) in [6.07, 6.45) is 0.353. The fraction of sp³-hybridized carbons (Fsp3) is 0.364. The van der Waals surface area contributed by atoms with E-state index in [1.807, 2.05) is 0 Å². The van der Waals surface area contributed by atoms with E-state index in [-0.39, 0.29) is 10.7 Å². The summed E-state index contributed by atoms with van der Waals surface area (Å²) < 4.78 is 26.0. The van der Waals surface area contributed by atoms with Crippen LogP contribution >= 0.6 is 9.24 Å². The molecule has 0 aliphatic rings. The third-order valence-electron chi connectivity index (χ3n) is 2.29. The van der Waals surface area contributed by atoms with E-state index in [4.69, 9.17) is 0 Å². The summed E-state index contributed by atoms with van der Waals surface area (Å²) in [5, 5.41) is 0.715. The van der Waals surface area contributed by atoms with Gasteiger partial charge in [0, 0.05) is 18.5 Å². The fourth-order valence-corrected chi connectivity index (χ4v) is 2.82. The Morgan fingerprint density at radius 2 is 2.00 bits per heavy atom. The zero-order valence-corrected chi connectivity index (χ0v) is 11.8. The second kappa shape index (κ2) is 5.71. The zero-order valence-electron chi connectivity index (χ0n) is 9.86. The molecule has 1 rings (SSSR count). The van der Waals surface area contributed by atoms with Crippen LogP contribution < -0.4 is 10.0 Å². The van der Waals surface area contributed by atoms with Gasteiger partial charge in [-0.05, 0) is 17.4 Å². The van der Waals surface area contributed by atoms with Gasteiger partial charge in [-0.15, -0.1) is 9.24 Å². The van der Waals surface area contributed by atoms with Gasteiger partial charge in [0.1, 0.15) is 0 Å². The Morgan fingerprint density at radius 1 is 1.35 bits per heavy atom. The number of benzene rings is 1. The first-order chi connectivity index (χ1) is 7.92. The molecular formula is C11H16NO3PS. The number of rotatable bonds is 5. The first kappa shape index (κ1) is 14.3. The van der Waals surface area contributed by atoms with Crippen LogP contribution in [0, 0.1) is 0 Å². The topological polar surface area (TPSA) is 63.2 Å². The van der Waals surface area contributed by atoms with Crippen LogP contribution in [0.5, 0.6) is 0 Å². The summed E-state index contributed by atoms with van der Waals surface area (Å²) in [4.78, 5) is 11.8. The van der Waals surface area contributed by atoms with Gasteiger partial charge in [-0.1, -0.05) is 19.9 Å². The van der Waals surface area contributed by atoms with Crippen molar-refractivity contribution in [2.24, 2.45) is 0 Å². The molecule has 0 aliphatic carbocycles. The number of hydrogen-bond donors (Lipinski definition) is 1. The molecule has 0 heterocycles. The number of ketones is 1. The van der Waals surface area contributed by atoms with Crippen LogP contribution in [0.2, 0.25) is 0 Å². The molecule has 0 amide bonds. The third kappa shape index (κ3) is 3.35. The third-order valence-corrected chi connectivity index (χ3v) is 4.34. The number of carbonyl (C=O) groups excluding carboxylic acids is 1. The van der Waals surface area contributed by atoms with Gasteiger partial charge >= 0.3 is 0 Å². The molecule has 94 valence electrons. The highest BCUT2D eigenvalue weighted by Crippen LogP contribution is 2.13. The van der Waals surface area contributed by atoms with Crippen LogP contribution in [0.1, 0.15) is 30.6 Å². The minimum absolute atomic E-state index is 0.0662.